The Balaban J connectivity index is 1.59. The Hall–Kier alpha value is -2.27. The average Bonchev–Trinajstić information content (AvgIpc) is 2.62. The van der Waals surface area contributed by atoms with Gasteiger partial charge in [0.2, 0.25) is 0 Å². The van der Waals surface area contributed by atoms with Gasteiger partial charge in [-0.1, -0.05) is 31.5 Å². The Labute approximate surface area is 160 Å². The van der Waals surface area contributed by atoms with Crippen LogP contribution in [0.4, 0.5) is 16.3 Å². The van der Waals surface area contributed by atoms with Gasteiger partial charge in [0.1, 0.15) is 5.82 Å². The summed E-state index contributed by atoms with van der Waals surface area (Å²) in [5.41, 5.74) is 3.35. The van der Waals surface area contributed by atoms with Crippen LogP contribution in [0.15, 0.2) is 36.5 Å². The third kappa shape index (κ3) is 4.10. The second-order valence-corrected chi connectivity index (χ2v) is 7.35. The molecule has 2 amide bonds. The zero-order chi connectivity index (χ0) is 18.7. The molecule has 3 rings (SSSR count). The number of carbonyl (C=O) groups is 1. The fraction of sp³-hybridized carbons (Fsp3) is 0.400. The van der Waals surface area contributed by atoms with Crippen LogP contribution < -0.4 is 10.2 Å². The van der Waals surface area contributed by atoms with Crippen molar-refractivity contribution < 1.29 is 4.79 Å². The molecule has 0 unspecified atom stereocenters. The Bertz CT molecular complexity index is 785. The summed E-state index contributed by atoms with van der Waals surface area (Å²) in [7, 11) is 0. The second-order valence-electron chi connectivity index (χ2n) is 6.94. The molecule has 1 fully saturated rings. The summed E-state index contributed by atoms with van der Waals surface area (Å²) in [6, 6.07) is 9.71. The number of urea groups is 1. The smallest absolute Gasteiger partial charge is 0.321 e. The van der Waals surface area contributed by atoms with Gasteiger partial charge in [-0.15, -0.1) is 0 Å². The number of anilines is 2. The fourth-order valence-electron chi connectivity index (χ4n) is 3.34. The molecule has 0 atom stereocenters. The second kappa shape index (κ2) is 7.96. The summed E-state index contributed by atoms with van der Waals surface area (Å²) < 4.78 is 0. The van der Waals surface area contributed by atoms with Crippen molar-refractivity contribution in [2.24, 2.45) is 0 Å². The van der Waals surface area contributed by atoms with Crippen molar-refractivity contribution in [3.8, 4) is 0 Å². The van der Waals surface area contributed by atoms with Gasteiger partial charge >= 0.3 is 6.03 Å². The van der Waals surface area contributed by atoms with Gasteiger partial charge < -0.3 is 15.1 Å². The molecule has 0 spiro atoms. The van der Waals surface area contributed by atoms with Crippen LogP contribution in [0.1, 0.15) is 30.9 Å². The number of benzene rings is 1. The van der Waals surface area contributed by atoms with Crippen LogP contribution in [0, 0.1) is 6.92 Å². The van der Waals surface area contributed by atoms with E-state index in [1.807, 2.05) is 29.2 Å². The third-order valence-electron chi connectivity index (χ3n) is 4.75. The normalized spacial score (nSPS) is 14.7. The molecular weight excluding hydrogens is 348 g/mol. The number of hydrogen-bond acceptors (Lipinski definition) is 3. The maximum Gasteiger partial charge on any atom is 0.321 e. The molecule has 0 aliphatic carbocycles. The number of rotatable bonds is 3. The number of aromatic nitrogens is 1. The van der Waals surface area contributed by atoms with Gasteiger partial charge in [-0.05, 0) is 48.2 Å². The lowest BCUT2D eigenvalue weighted by atomic mass is 9.98. The predicted molar refractivity (Wildman–Crippen MR) is 107 cm³/mol. The topological polar surface area (TPSA) is 48.5 Å². The maximum atomic E-state index is 12.6. The van der Waals surface area contributed by atoms with Crippen LogP contribution in [-0.2, 0) is 0 Å². The van der Waals surface area contributed by atoms with Crippen molar-refractivity contribution in [3.05, 3.63) is 52.7 Å². The van der Waals surface area contributed by atoms with Crippen molar-refractivity contribution in [1.82, 2.24) is 9.88 Å². The summed E-state index contributed by atoms with van der Waals surface area (Å²) in [6.45, 7) is 9.15. The number of nitrogens with one attached hydrogen (secondary N) is 1. The minimum absolute atomic E-state index is 0.0616. The number of aryl methyl sites for hydroxylation is 1. The lowest BCUT2D eigenvalue weighted by Crippen LogP contribution is -2.50. The number of halogens is 1. The van der Waals surface area contributed by atoms with E-state index in [-0.39, 0.29) is 6.03 Å². The number of amides is 2. The van der Waals surface area contributed by atoms with Crippen LogP contribution in [0.25, 0.3) is 0 Å². The minimum atomic E-state index is -0.0616. The van der Waals surface area contributed by atoms with Crippen LogP contribution >= 0.6 is 11.6 Å². The van der Waals surface area contributed by atoms with Crippen molar-refractivity contribution in [1.29, 1.82) is 0 Å². The van der Waals surface area contributed by atoms with E-state index in [1.54, 1.807) is 6.20 Å². The molecule has 2 aromatic rings. The number of carbonyl (C=O) groups excluding carboxylic acids is 1. The predicted octanol–water partition coefficient (Wildman–Crippen LogP) is 4.52. The van der Waals surface area contributed by atoms with Gasteiger partial charge in [-0.3, -0.25) is 0 Å². The first-order valence-corrected chi connectivity index (χ1v) is 9.35. The Morgan fingerprint density at radius 1 is 1.19 bits per heavy atom. The highest BCUT2D eigenvalue weighted by Gasteiger charge is 2.23. The van der Waals surface area contributed by atoms with Gasteiger partial charge in [0.05, 0.1) is 5.02 Å². The van der Waals surface area contributed by atoms with Crippen LogP contribution in [0.5, 0.6) is 0 Å². The SMILES string of the molecule is Cc1cc(NC(=O)N2CCN(c3ncccc3Cl)CC2)ccc1C(C)C. The Morgan fingerprint density at radius 3 is 2.54 bits per heavy atom. The van der Waals surface area contributed by atoms with E-state index in [0.29, 0.717) is 24.0 Å². The standard InChI is InChI=1S/C20H25ClN4O/c1-14(2)17-7-6-16(13-15(17)3)23-20(26)25-11-9-24(10-12-25)19-18(21)5-4-8-22-19/h4-8,13-14H,9-12H2,1-3H3,(H,23,26). The Morgan fingerprint density at radius 2 is 1.92 bits per heavy atom. The molecule has 138 valence electrons. The summed E-state index contributed by atoms with van der Waals surface area (Å²) in [6.07, 6.45) is 1.74. The third-order valence-corrected chi connectivity index (χ3v) is 5.04. The van der Waals surface area contributed by atoms with E-state index < -0.39 is 0 Å². The van der Waals surface area contributed by atoms with Crippen LogP contribution in [0.2, 0.25) is 5.02 Å². The molecule has 1 aliphatic rings. The number of pyridine rings is 1. The molecule has 5 nitrogen and oxygen atoms in total. The van der Waals surface area contributed by atoms with E-state index in [4.69, 9.17) is 11.6 Å². The number of piperazine rings is 1. The quantitative estimate of drug-likeness (QED) is 0.861. The molecule has 26 heavy (non-hydrogen) atoms. The highest BCUT2D eigenvalue weighted by molar-refractivity contribution is 6.32. The molecule has 1 saturated heterocycles. The van der Waals surface area contributed by atoms with Crippen molar-refractivity contribution >= 4 is 29.1 Å². The van der Waals surface area contributed by atoms with Gasteiger partial charge in [-0.25, -0.2) is 9.78 Å². The minimum Gasteiger partial charge on any atom is -0.352 e. The van der Waals surface area contributed by atoms with Gasteiger partial charge in [-0.2, -0.15) is 0 Å². The lowest BCUT2D eigenvalue weighted by Gasteiger charge is -2.35. The van der Waals surface area contributed by atoms with E-state index >= 15 is 0 Å². The molecule has 6 heteroatoms. The first kappa shape index (κ1) is 18.5. The zero-order valence-electron chi connectivity index (χ0n) is 15.5. The van der Waals surface area contributed by atoms with Crippen LogP contribution in [-0.4, -0.2) is 42.1 Å². The molecule has 1 aliphatic heterocycles. The van der Waals surface area contributed by atoms with E-state index in [0.717, 1.165) is 24.6 Å². The first-order valence-electron chi connectivity index (χ1n) is 8.97. The zero-order valence-corrected chi connectivity index (χ0v) is 16.3. The van der Waals surface area contributed by atoms with Crippen LogP contribution in [0.3, 0.4) is 0 Å². The van der Waals surface area contributed by atoms with Crippen molar-refractivity contribution in [2.75, 3.05) is 36.4 Å². The van der Waals surface area contributed by atoms with Gasteiger partial charge in [0.25, 0.3) is 0 Å². The van der Waals surface area contributed by atoms with Gasteiger partial charge in [0, 0.05) is 38.1 Å². The molecule has 1 aromatic heterocycles. The summed E-state index contributed by atoms with van der Waals surface area (Å²) >= 11 is 6.22. The highest BCUT2D eigenvalue weighted by Crippen LogP contribution is 2.24. The van der Waals surface area contributed by atoms with Gasteiger partial charge in [0.15, 0.2) is 0 Å². The summed E-state index contributed by atoms with van der Waals surface area (Å²) in [5, 5.41) is 3.66. The molecule has 0 bridgehead atoms. The molecule has 0 radical (unpaired) electrons. The maximum absolute atomic E-state index is 12.6. The van der Waals surface area contributed by atoms with Crippen molar-refractivity contribution in [2.45, 2.75) is 26.7 Å². The molecule has 1 N–H and O–H groups in total. The van der Waals surface area contributed by atoms with E-state index in [2.05, 4.69) is 42.0 Å². The number of nitrogens with zero attached hydrogens (tertiary/aromatic N) is 3. The summed E-state index contributed by atoms with van der Waals surface area (Å²) in [4.78, 5) is 20.9. The fourth-order valence-corrected chi connectivity index (χ4v) is 3.58. The van der Waals surface area contributed by atoms with E-state index in [1.165, 1.54) is 11.1 Å². The lowest BCUT2D eigenvalue weighted by molar-refractivity contribution is 0.208. The molecular formula is C20H25ClN4O. The van der Waals surface area contributed by atoms with Crippen molar-refractivity contribution in [3.63, 3.8) is 0 Å². The molecule has 2 heterocycles. The monoisotopic (exact) mass is 372 g/mol. The largest absolute Gasteiger partial charge is 0.352 e. The highest BCUT2D eigenvalue weighted by atomic mass is 35.5. The number of hydrogen-bond donors (Lipinski definition) is 1. The first-order chi connectivity index (χ1) is 12.5. The van der Waals surface area contributed by atoms with E-state index in [9.17, 15) is 4.79 Å². The Kier molecular flexibility index (Phi) is 5.67. The molecule has 0 saturated carbocycles. The molecule has 1 aromatic carbocycles. The average molecular weight is 373 g/mol. The summed E-state index contributed by atoms with van der Waals surface area (Å²) in [5.74, 6) is 1.26.